The Morgan fingerprint density at radius 3 is 2.73 bits per heavy atom. The lowest BCUT2D eigenvalue weighted by atomic mass is 10.0. The van der Waals surface area contributed by atoms with E-state index < -0.39 is 0 Å². The number of rotatable bonds is 1. The van der Waals surface area contributed by atoms with Gasteiger partial charge in [0.25, 0.3) is 0 Å². The highest BCUT2D eigenvalue weighted by Crippen LogP contribution is 2.15. The van der Waals surface area contributed by atoms with Gasteiger partial charge in [0.1, 0.15) is 0 Å². The van der Waals surface area contributed by atoms with Crippen molar-refractivity contribution in [2.45, 2.75) is 20.4 Å². The Bertz CT molecular complexity index is 570. The van der Waals surface area contributed by atoms with E-state index in [-0.39, 0.29) is 12.0 Å². The van der Waals surface area contributed by atoms with Gasteiger partial charge in [-0.3, -0.25) is 4.79 Å². The summed E-state index contributed by atoms with van der Waals surface area (Å²) in [6.07, 6.45) is 1.70. The molecule has 3 heteroatoms. The average Bonchev–Trinajstić information content (AvgIpc) is 2.17. The number of hydrogen-bond donors (Lipinski definition) is 2. The van der Waals surface area contributed by atoms with E-state index in [1.165, 1.54) is 0 Å². The standard InChI is InChI=1S/C12H14N2O/c1-7-3-8(2)11-10(4-7)14-6-9(5-13)12(11)15/h3-4,6H,5,13H2,1-2H3,(H,14,15). The summed E-state index contributed by atoms with van der Waals surface area (Å²) in [4.78, 5) is 15.1. The van der Waals surface area contributed by atoms with Gasteiger partial charge >= 0.3 is 0 Å². The van der Waals surface area contributed by atoms with Crippen LogP contribution in [-0.4, -0.2) is 4.98 Å². The van der Waals surface area contributed by atoms with Crippen molar-refractivity contribution in [3.8, 4) is 0 Å². The summed E-state index contributed by atoms with van der Waals surface area (Å²) in [5, 5.41) is 0.753. The number of H-pyrrole nitrogens is 1. The largest absolute Gasteiger partial charge is 0.361 e. The molecule has 1 aromatic heterocycles. The molecule has 1 aromatic carbocycles. The molecule has 0 aliphatic heterocycles. The molecule has 0 aliphatic rings. The van der Waals surface area contributed by atoms with E-state index >= 15 is 0 Å². The van der Waals surface area contributed by atoms with E-state index in [1.54, 1.807) is 6.20 Å². The summed E-state index contributed by atoms with van der Waals surface area (Å²) in [5.41, 5.74) is 9.22. The van der Waals surface area contributed by atoms with Crippen molar-refractivity contribution >= 4 is 10.9 Å². The van der Waals surface area contributed by atoms with Crippen molar-refractivity contribution in [3.05, 3.63) is 45.2 Å². The van der Waals surface area contributed by atoms with Crippen molar-refractivity contribution < 1.29 is 0 Å². The fourth-order valence-electron chi connectivity index (χ4n) is 1.93. The van der Waals surface area contributed by atoms with Gasteiger partial charge in [-0.15, -0.1) is 0 Å². The number of pyridine rings is 1. The van der Waals surface area contributed by atoms with Gasteiger partial charge < -0.3 is 10.7 Å². The molecule has 78 valence electrons. The monoisotopic (exact) mass is 202 g/mol. The molecule has 15 heavy (non-hydrogen) atoms. The molecule has 2 rings (SSSR count). The van der Waals surface area contributed by atoms with E-state index in [0.29, 0.717) is 5.56 Å². The van der Waals surface area contributed by atoms with Crippen molar-refractivity contribution in [3.63, 3.8) is 0 Å². The summed E-state index contributed by atoms with van der Waals surface area (Å²) in [7, 11) is 0. The van der Waals surface area contributed by atoms with Crippen LogP contribution in [0.2, 0.25) is 0 Å². The number of aryl methyl sites for hydroxylation is 2. The fraction of sp³-hybridized carbons (Fsp3) is 0.250. The molecule has 0 amide bonds. The number of aromatic nitrogens is 1. The van der Waals surface area contributed by atoms with Gasteiger partial charge in [-0.1, -0.05) is 6.07 Å². The lowest BCUT2D eigenvalue weighted by Gasteiger charge is -2.05. The van der Waals surface area contributed by atoms with Crippen LogP contribution in [0.1, 0.15) is 16.7 Å². The van der Waals surface area contributed by atoms with Crippen molar-refractivity contribution in [2.75, 3.05) is 0 Å². The Labute approximate surface area is 87.9 Å². The molecule has 0 radical (unpaired) electrons. The third-order valence-electron chi connectivity index (χ3n) is 2.62. The first-order valence-corrected chi connectivity index (χ1v) is 4.95. The van der Waals surface area contributed by atoms with Gasteiger partial charge in [-0.2, -0.15) is 0 Å². The molecular formula is C12H14N2O. The third-order valence-corrected chi connectivity index (χ3v) is 2.62. The molecular weight excluding hydrogens is 188 g/mol. The minimum atomic E-state index is 0.0451. The number of nitrogens with one attached hydrogen (secondary N) is 1. The summed E-state index contributed by atoms with van der Waals surface area (Å²) < 4.78 is 0. The van der Waals surface area contributed by atoms with Gasteiger partial charge in [0.05, 0.1) is 0 Å². The van der Waals surface area contributed by atoms with E-state index in [0.717, 1.165) is 22.0 Å². The van der Waals surface area contributed by atoms with Crippen LogP contribution >= 0.6 is 0 Å². The van der Waals surface area contributed by atoms with Crippen LogP contribution in [-0.2, 0) is 6.54 Å². The fourth-order valence-corrected chi connectivity index (χ4v) is 1.93. The lowest BCUT2D eigenvalue weighted by Crippen LogP contribution is -2.14. The lowest BCUT2D eigenvalue weighted by molar-refractivity contribution is 1.04. The van der Waals surface area contributed by atoms with Gasteiger partial charge in [0.2, 0.25) is 0 Å². The molecule has 0 atom stereocenters. The number of hydrogen-bond acceptors (Lipinski definition) is 2. The second kappa shape index (κ2) is 3.51. The van der Waals surface area contributed by atoms with Gasteiger partial charge in [0, 0.05) is 29.2 Å². The highest BCUT2D eigenvalue weighted by Gasteiger charge is 2.06. The average molecular weight is 202 g/mol. The molecule has 0 aliphatic carbocycles. The van der Waals surface area contributed by atoms with Crippen LogP contribution < -0.4 is 11.2 Å². The van der Waals surface area contributed by atoms with E-state index in [1.807, 2.05) is 26.0 Å². The normalized spacial score (nSPS) is 10.9. The van der Waals surface area contributed by atoms with Crippen LogP contribution in [0.25, 0.3) is 10.9 Å². The van der Waals surface area contributed by atoms with Crippen molar-refractivity contribution in [1.29, 1.82) is 0 Å². The van der Waals surface area contributed by atoms with E-state index in [2.05, 4.69) is 4.98 Å². The van der Waals surface area contributed by atoms with Crippen molar-refractivity contribution in [1.82, 2.24) is 4.98 Å². The molecule has 3 nitrogen and oxygen atoms in total. The zero-order valence-electron chi connectivity index (χ0n) is 8.92. The topological polar surface area (TPSA) is 58.9 Å². The summed E-state index contributed by atoms with van der Waals surface area (Å²) >= 11 is 0. The second-order valence-corrected chi connectivity index (χ2v) is 3.85. The highest BCUT2D eigenvalue weighted by molar-refractivity contribution is 5.83. The SMILES string of the molecule is Cc1cc(C)c2c(=O)c(CN)c[nH]c2c1. The van der Waals surface area contributed by atoms with Crippen LogP contribution in [0.3, 0.4) is 0 Å². The third kappa shape index (κ3) is 1.55. The molecule has 3 N–H and O–H groups in total. The number of benzene rings is 1. The Kier molecular flexibility index (Phi) is 2.32. The minimum Gasteiger partial charge on any atom is -0.361 e. The van der Waals surface area contributed by atoms with Crippen LogP contribution in [0.15, 0.2) is 23.1 Å². The van der Waals surface area contributed by atoms with Gasteiger partial charge in [-0.05, 0) is 31.0 Å². The first-order chi connectivity index (χ1) is 7.13. The Balaban J connectivity index is 2.93. The maximum absolute atomic E-state index is 12.0. The van der Waals surface area contributed by atoms with Crippen molar-refractivity contribution in [2.24, 2.45) is 5.73 Å². The second-order valence-electron chi connectivity index (χ2n) is 3.85. The predicted molar refractivity (Wildman–Crippen MR) is 61.9 cm³/mol. The zero-order valence-corrected chi connectivity index (χ0v) is 8.92. The maximum Gasteiger partial charge on any atom is 0.194 e. The Hall–Kier alpha value is -1.61. The maximum atomic E-state index is 12.0. The first-order valence-electron chi connectivity index (χ1n) is 4.95. The molecule has 0 saturated carbocycles. The molecule has 0 fully saturated rings. The van der Waals surface area contributed by atoms with E-state index in [4.69, 9.17) is 5.73 Å². The number of aromatic amines is 1. The number of nitrogens with two attached hydrogens (primary N) is 1. The summed E-state index contributed by atoms with van der Waals surface area (Å²) in [6.45, 7) is 4.24. The molecule has 0 unspecified atom stereocenters. The van der Waals surface area contributed by atoms with Crippen LogP contribution in [0, 0.1) is 13.8 Å². The van der Waals surface area contributed by atoms with E-state index in [9.17, 15) is 4.79 Å². The van der Waals surface area contributed by atoms with Gasteiger partial charge in [0.15, 0.2) is 5.43 Å². The first kappa shape index (κ1) is 9.93. The van der Waals surface area contributed by atoms with Crippen LogP contribution in [0.5, 0.6) is 0 Å². The molecule has 0 saturated heterocycles. The number of fused-ring (bicyclic) bond motifs is 1. The molecule has 0 bridgehead atoms. The predicted octanol–water partition coefficient (Wildman–Crippen LogP) is 1.60. The summed E-state index contributed by atoms with van der Waals surface area (Å²) in [6, 6.07) is 3.99. The smallest absolute Gasteiger partial charge is 0.194 e. The van der Waals surface area contributed by atoms with Gasteiger partial charge in [-0.25, -0.2) is 0 Å². The minimum absolute atomic E-state index is 0.0451. The molecule has 0 spiro atoms. The quantitative estimate of drug-likeness (QED) is 0.738. The molecule has 2 aromatic rings. The van der Waals surface area contributed by atoms with Crippen LogP contribution in [0.4, 0.5) is 0 Å². The summed E-state index contributed by atoms with van der Waals surface area (Å²) in [5.74, 6) is 0. The zero-order chi connectivity index (χ0) is 11.0. The highest BCUT2D eigenvalue weighted by atomic mass is 16.1. The Morgan fingerprint density at radius 1 is 1.33 bits per heavy atom. The Morgan fingerprint density at radius 2 is 2.07 bits per heavy atom. The molecule has 1 heterocycles.